The van der Waals surface area contributed by atoms with Crippen LogP contribution >= 0.6 is 35.0 Å². The topological polar surface area (TPSA) is 79.4 Å². The largest absolute Gasteiger partial charge is 0.351 e. The molecular weight excluding hydrogens is 611 g/mol. The van der Waals surface area contributed by atoms with E-state index >= 15 is 0 Å². The minimum Gasteiger partial charge on any atom is -0.351 e. The van der Waals surface area contributed by atoms with Gasteiger partial charge in [-0.1, -0.05) is 65.7 Å². The summed E-state index contributed by atoms with van der Waals surface area (Å²) in [5.74, 6) is 2.42. The van der Waals surface area contributed by atoms with Crippen molar-refractivity contribution in [2.45, 2.75) is 39.0 Å². The van der Waals surface area contributed by atoms with Gasteiger partial charge in [-0.05, 0) is 53.9 Å². The highest BCUT2D eigenvalue weighted by Crippen LogP contribution is 2.37. The summed E-state index contributed by atoms with van der Waals surface area (Å²) in [6.45, 7) is 6.68. The standard InChI is InChI=1S/C34H38Cl2N6OS/c35-30-9-7-25(19-27(30)22-38-21-24-5-2-1-3-6-24)28-20-26(8-10-31(28)36)33-29-23-41(34(37)43)14-11-32(29)42(39-33)13-4-12-40-15-17-44-18-16-40/h1-3,5-10,19-20,38H,4,11-18,21-23H2,(H2,37,43). The van der Waals surface area contributed by atoms with Gasteiger partial charge in [0.05, 0.1) is 12.2 Å². The third-order valence-corrected chi connectivity index (χ3v) is 10.1. The number of nitrogens with two attached hydrogens (primary N) is 1. The average Bonchev–Trinajstić information content (AvgIpc) is 3.41. The van der Waals surface area contributed by atoms with Gasteiger partial charge >= 0.3 is 6.03 Å². The maximum Gasteiger partial charge on any atom is 0.315 e. The van der Waals surface area contributed by atoms with Gasteiger partial charge in [-0.2, -0.15) is 16.9 Å². The number of halogens is 2. The normalized spacial score (nSPS) is 15.4. The number of amides is 2. The van der Waals surface area contributed by atoms with Gasteiger partial charge in [0, 0.05) is 89.6 Å². The lowest BCUT2D eigenvalue weighted by Crippen LogP contribution is -2.39. The predicted molar refractivity (Wildman–Crippen MR) is 182 cm³/mol. The number of carbonyl (C=O) groups excluding carboxylic acids is 1. The third kappa shape index (κ3) is 7.27. The number of primary amides is 1. The summed E-state index contributed by atoms with van der Waals surface area (Å²) in [5, 5.41) is 10.0. The lowest BCUT2D eigenvalue weighted by Gasteiger charge is -2.27. The van der Waals surface area contributed by atoms with Crippen molar-refractivity contribution in [2.24, 2.45) is 5.73 Å². The van der Waals surface area contributed by atoms with Crippen LogP contribution in [-0.2, 0) is 32.6 Å². The first-order valence-corrected chi connectivity index (χ1v) is 17.1. The highest BCUT2D eigenvalue weighted by molar-refractivity contribution is 7.99. The molecule has 0 aliphatic carbocycles. The Bertz CT molecular complexity index is 1610. The fraction of sp³-hybridized carbons (Fsp3) is 0.353. The number of rotatable bonds is 10. The number of nitrogens with one attached hydrogen (secondary N) is 1. The zero-order chi connectivity index (χ0) is 30.5. The molecule has 4 aromatic rings. The molecule has 2 aliphatic rings. The second kappa shape index (κ2) is 14.4. The first kappa shape index (κ1) is 31.0. The molecule has 3 N–H and O–H groups in total. The van der Waals surface area contributed by atoms with Crippen LogP contribution in [0.3, 0.4) is 0 Å². The van der Waals surface area contributed by atoms with E-state index in [0.29, 0.717) is 29.7 Å². The Morgan fingerprint density at radius 1 is 0.909 bits per heavy atom. The van der Waals surface area contributed by atoms with E-state index in [0.717, 1.165) is 79.1 Å². The lowest BCUT2D eigenvalue weighted by atomic mass is 9.96. The molecule has 230 valence electrons. The van der Waals surface area contributed by atoms with Crippen LogP contribution in [0.15, 0.2) is 66.7 Å². The highest BCUT2D eigenvalue weighted by Gasteiger charge is 2.27. The predicted octanol–water partition coefficient (Wildman–Crippen LogP) is 6.69. The van der Waals surface area contributed by atoms with Gasteiger partial charge in [0.2, 0.25) is 0 Å². The summed E-state index contributed by atoms with van der Waals surface area (Å²) in [7, 11) is 0. The van der Waals surface area contributed by atoms with Crippen LogP contribution in [0.25, 0.3) is 22.4 Å². The zero-order valence-corrected chi connectivity index (χ0v) is 27.1. The fourth-order valence-electron chi connectivity index (χ4n) is 6.07. The zero-order valence-electron chi connectivity index (χ0n) is 24.8. The van der Waals surface area contributed by atoms with Crippen molar-refractivity contribution in [3.8, 4) is 22.4 Å². The lowest BCUT2D eigenvalue weighted by molar-refractivity contribution is 0.201. The summed E-state index contributed by atoms with van der Waals surface area (Å²) >= 11 is 15.4. The smallest absolute Gasteiger partial charge is 0.315 e. The maximum atomic E-state index is 12.1. The number of fused-ring (bicyclic) bond motifs is 1. The van der Waals surface area contributed by atoms with E-state index in [1.165, 1.54) is 22.8 Å². The van der Waals surface area contributed by atoms with Crippen molar-refractivity contribution in [2.75, 3.05) is 37.7 Å². The fourth-order valence-corrected chi connectivity index (χ4v) is 7.46. The van der Waals surface area contributed by atoms with Crippen molar-refractivity contribution in [1.29, 1.82) is 0 Å². The van der Waals surface area contributed by atoms with E-state index in [2.05, 4.69) is 39.2 Å². The number of nitrogens with zero attached hydrogens (tertiary/aromatic N) is 4. The Morgan fingerprint density at radius 2 is 1.68 bits per heavy atom. The van der Waals surface area contributed by atoms with Gasteiger partial charge < -0.3 is 20.9 Å². The molecule has 3 heterocycles. The van der Waals surface area contributed by atoms with Gasteiger partial charge in [0.25, 0.3) is 0 Å². The van der Waals surface area contributed by atoms with E-state index in [4.69, 9.17) is 34.0 Å². The van der Waals surface area contributed by atoms with Crippen LogP contribution in [0.2, 0.25) is 10.0 Å². The van der Waals surface area contributed by atoms with Gasteiger partial charge in [-0.15, -0.1) is 0 Å². The first-order chi connectivity index (χ1) is 21.5. The molecule has 0 bridgehead atoms. The summed E-state index contributed by atoms with van der Waals surface area (Å²) in [5.41, 5.74) is 14.0. The van der Waals surface area contributed by atoms with Crippen LogP contribution < -0.4 is 11.1 Å². The van der Waals surface area contributed by atoms with Crippen LogP contribution in [0.4, 0.5) is 4.79 Å². The Hall–Kier alpha value is -3.01. The molecule has 44 heavy (non-hydrogen) atoms. The SMILES string of the molecule is NC(=O)N1CCc2c(c(-c3ccc(Cl)c(-c4ccc(Cl)c(CNCc5ccccc5)c4)c3)nn2CCCN2CCSCC2)C1. The van der Waals surface area contributed by atoms with Crippen molar-refractivity contribution >= 4 is 41.0 Å². The van der Waals surface area contributed by atoms with Crippen molar-refractivity contribution in [1.82, 2.24) is 24.9 Å². The monoisotopic (exact) mass is 648 g/mol. The number of hydrogen-bond acceptors (Lipinski definition) is 5. The molecule has 1 saturated heterocycles. The van der Waals surface area contributed by atoms with Crippen LogP contribution in [0.5, 0.6) is 0 Å². The van der Waals surface area contributed by atoms with Gasteiger partial charge in [0.1, 0.15) is 0 Å². The molecule has 0 spiro atoms. The molecular formula is C34H38Cl2N6OS. The van der Waals surface area contributed by atoms with Gasteiger partial charge in [-0.3, -0.25) is 4.68 Å². The Kier molecular flexibility index (Phi) is 10.1. The molecule has 2 amide bonds. The van der Waals surface area contributed by atoms with E-state index in [1.807, 2.05) is 54.2 Å². The molecule has 10 heteroatoms. The highest BCUT2D eigenvalue weighted by atomic mass is 35.5. The number of thioether (sulfide) groups is 1. The van der Waals surface area contributed by atoms with Gasteiger partial charge in [0.15, 0.2) is 0 Å². The van der Waals surface area contributed by atoms with Crippen LogP contribution in [0.1, 0.15) is 28.8 Å². The number of aryl methyl sites for hydroxylation is 1. The summed E-state index contributed by atoms with van der Waals surface area (Å²) in [4.78, 5) is 16.4. The number of hydrogen-bond donors (Lipinski definition) is 2. The number of urea groups is 1. The van der Waals surface area contributed by atoms with E-state index in [9.17, 15) is 4.79 Å². The van der Waals surface area contributed by atoms with Crippen LogP contribution in [0, 0.1) is 0 Å². The van der Waals surface area contributed by atoms with Crippen molar-refractivity contribution in [3.63, 3.8) is 0 Å². The second-order valence-electron chi connectivity index (χ2n) is 11.4. The quantitative estimate of drug-likeness (QED) is 0.200. The minimum atomic E-state index is -0.399. The maximum absolute atomic E-state index is 12.1. The van der Waals surface area contributed by atoms with E-state index < -0.39 is 6.03 Å². The molecule has 1 fully saturated rings. The van der Waals surface area contributed by atoms with Crippen molar-refractivity contribution in [3.05, 3.63) is 99.2 Å². The first-order valence-electron chi connectivity index (χ1n) is 15.2. The van der Waals surface area contributed by atoms with Crippen LogP contribution in [-0.4, -0.2) is 63.3 Å². The minimum absolute atomic E-state index is 0.399. The summed E-state index contributed by atoms with van der Waals surface area (Å²) < 4.78 is 2.16. The van der Waals surface area contributed by atoms with E-state index in [1.54, 1.807) is 4.90 Å². The number of carbonyl (C=O) groups is 1. The molecule has 0 unspecified atom stereocenters. The number of benzene rings is 3. The third-order valence-electron chi connectivity index (χ3n) is 8.48. The average molecular weight is 650 g/mol. The second-order valence-corrected chi connectivity index (χ2v) is 13.4. The molecule has 7 nitrogen and oxygen atoms in total. The summed E-state index contributed by atoms with van der Waals surface area (Å²) in [6, 6.07) is 22.0. The Balaban J connectivity index is 1.26. The molecule has 1 aromatic heterocycles. The molecule has 0 radical (unpaired) electrons. The molecule has 6 rings (SSSR count). The summed E-state index contributed by atoms with van der Waals surface area (Å²) in [6.07, 6.45) is 1.78. The molecule has 0 saturated carbocycles. The molecule has 3 aromatic carbocycles. The Morgan fingerprint density at radius 3 is 2.48 bits per heavy atom. The Labute approximate surface area is 273 Å². The molecule has 2 aliphatic heterocycles. The van der Waals surface area contributed by atoms with Gasteiger partial charge in [-0.25, -0.2) is 4.79 Å². The number of aromatic nitrogens is 2. The van der Waals surface area contributed by atoms with Crippen molar-refractivity contribution < 1.29 is 4.79 Å². The van der Waals surface area contributed by atoms with E-state index in [-0.39, 0.29) is 0 Å². The molecule has 0 atom stereocenters.